The summed E-state index contributed by atoms with van der Waals surface area (Å²) < 4.78 is 5.94. The van der Waals surface area contributed by atoms with Gasteiger partial charge >= 0.3 is 5.97 Å². The van der Waals surface area contributed by atoms with Crippen LogP contribution < -0.4 is 5.32 Å². The summed E-state index contributed by atoms with van der Waals surface area (Å²) in [4.78, 5) is 28.8. The first-order valence-corrected chi connectivity index (χ1v) is 9.39. The number of hydrogen-bond donors (Lipinski definition) is 2. The summed E-state index contributed by atoms with van der Waals surface area (Å²) in [6.45, 7) is 0. The molecule has 5 nitrogen and oxygen atoms in total. The van der Waals surface area contributed by atoms with Crippen LogP contribution in [0.1, 0.15) is 15.2 Å². The number of hydrogen-bond acceptors (Lipinski definition) is 4. The Morgan fingerprint density at radius 2 is 1.93 bits per heavy atom. The van der Waals surface area contributed by atoms with Crippen molar-refractivity contribution in [3.05, 3.63) is 71.2 Å². The average molecular weight is 378 g/mol. The summed E-state index contributed by atoms with van der Waals surface area (Å²) >= 11 is 1.41. The van der Waals surface area contributed by atoms with Crippen molar-refractivity contribution in [1.82, 2.24) is 10.3 Å². The third-order valence-electron chi connectivity index (χ3n) is 4.54. The summed E-state index contributed by atoms with van der Waals surface area (Å²) in [6.07, 6.45) is 2.22. The zero-order chi connectivity index (χ0) is 18.8. The van der Waals surface area contributed by atoms with Gasteiger partial charge in [0.1, 0.15) is 6.04 Å². The lowest BCUT2D eigenvalue weighted by atomic mass is 10.0. The molecule has 2 heterocycles. The maximum atomic E-state index is 12.7. The summed E-state index contributed by atoms with van der Waals surface area (Å²) in [6, 6.07) is 16.8. The molecule has 0 spiro atoms. The van der Waals surface area contributed by atoms with E-state index in [9.17, 15) is 9.59 Å². The van der Waals surface area contributed by atoms with E-state index in [4.69, 9.17) is 4.74 Å². The van der Waals surface area contributed by atoms with E-state index in [-0.39, 0.29) is 5.91 Å². The van der Waals surface area contributed by atoms with Crippen LogP contribution in [-0.2, 0) is 16.0 Å². The van der Waals surface area contributed by atoms with E-state index in [1.54, 1.807) is 0 Å². The van der Waals surface area contributed by atoms with Crippen molar-refractivity contribution in [3.63, 3.8) is 0 Å². The zero-order valence-electron chi connectivity index (χ0n) is 14.7. The van der Waals surface area contributed by atoms with Gasteiger partial charge in [0.2, 0.25) is 0 Å². The number of amides is 1. The van der Waals surface area contributed by atoms with Crippen LogP contribution in [-0.4, -0.2) is 30.0 Å². The van der Waals surface area contributed by atoms with Crippen molar-refractivity contribution in [3.8, 4) is 0 Å². The van der Waals surface area contributed by atoms with Crippen LogP contribution in [0.25, 0.3) is 21.0 Å². The number of esters is 1. The molecule has 2 aromatic carbocycles. The molecule has 0 saturated carbocycles. The van der Waals surface area contributed by atoms with Gasteiger partial charge in [-0.1, -0.05) is 36.4 Å². The lowest BCUT2D eigenvalue weighted by molar-refractivity contribution is -0.142. The van der Waals surface area contributed by atoms with Gasteiger partial charge in [-0.3, -0.25) is 4.79 Å². The van der Waals surface area contributed by atoms with Crippen LogP contribution in [0.3, 0.4) is 0 Å². The Balaban J connectivity index is 1.58. The van der Waals surface area contributed by atoms with E-state index in [1.807, 2.05) is 60.8 Å². The quantitative estimate of drug-likeness (QED) is 0.518. The second-order valence-electron chi connectivity index (χ2n) is 6.26. The highest BCUT2D eigenvalue weighted by molar-refractivity contribution is 7.20. The Hall–Kier alpha value is -3.12. The molecule has 1 atom stereocenters. The number of para-hydroxylation sites is 1. The van der Waals surface area contributed by atoms with E-state index in [0.29, 0.717) is 11.3 Å². The second kappa shape index (κ2) is 7.25. The van der Waals surface area contributed by atoms with Crippen LogP contribution in [0, 0.1) is 0 Å². The third-order valence-corrected chi connectivity index (χ3v) is 5.65. The van der Waals surface area contributed by atoms with Gasteiger partial charge < -0.3 is 15.0 Å². The molecule has 0 aliphatic rings. The molecule has 2 N–H and O–H groups in total. The van der Waals surface area contributed by atoms with Crippen molar-refractivity contribution in [2.75, 3.05) is 7.11 Å². The first-order chi connectivity index (χ1) is 13.2. The molecule has 4 rings (SSSR count). The van der Waals surface area contributed by atoms with Gasteiger partial charge in [0, 0.05) is 28.2 Å². The fourth-order valence-corrected chi connectivity index (χ4v) is 4.14. The number of H-pyrrole nitrogens is 1. The predicted octanol–water partition coefficient (Wildman–Crippen LogP) is 3.90. The minimum Gasteiger partial charge on any atom is -0.467 e. The van der Waals surface area contributed by atoms with Gasteiger partial charge in [-0.25, -0.2) is 4.79 Å². The Bertz CT molecular complexity index is 1100. The molecule has 0 unspecified atom stereocenters. The summed E-state index contributed by atoms with van der Waals surface area (Å²) in [5.41, 5.74) is 1.95. The Morgan fingerprint density at radius 1 is 1.15 bits per heavy atom. The van der Waals surface area contributed by atoms with E-state index in [2.05, 4.69) is 10.3 Å². The number of carbonyl (C=O) groups is 2. The molecule has 6 heteroatoms. The first-order valence-electron chi connectivity index (χ1n) is 8.58. The molecular formula is C21H18N2O3S. The average Bonchev–Trinajstić information content (AvgIpc) is 3.31. The largest absolute Gasteiger partial charge is 0.467 e. The Kier molecular flexibility index (Phi) is 4.64. The van der Waals surface area contributed by atoms with Crippen LogP contribution in [0.4, 0.5) is 0 Å². The minimum absolute atomic E-state index is 0.272. The number of nitrogens with one attached hydrogen (secondary N) is 2. The summed E-state index contributed by atoms with van der Waals surface area (Å²) in [5, 5.41) is 4.87. The maximum Gasteiger partial charge on any atom is 0.328 e. The SMILES string of the molecule is COC(=O)[C@@H](Cc1c[nH]c2ccccc12)NC(=O)c1cc2ccccc2s1. The molecule has 0 aliphatic carbocycles. The number of aromatic nitrogens is 1. The van der Waals surface area contributed by atoms with Crippen molar-refractivity contribution in [2.45, 2.75) is 12.5 Å². The molecule has 0 saturated heterocycles. The molecule has 27 heavy (non-hydrogen) atoms. The van der Waals surface area contributed by atoms with Crippen LogP contribution in [0.15, 0.2) is 60.8 Å². The van der Waals surface area contributed by atoms with E-state index >= 15 is 0 Å². The molecule has 0 radical (unpaired) electrons. The van der Waals surface area contributed by atoms with Gasteiger partial charge in [0.25, 0.3) is 5.91 Å². The maximum absolute atomic E-state index is 12.7. The van der Waals surface area contributed by atoms with Gasteiger partial charge in [0.15, 0.2) is 0 Å². The second-order valence-corrected chi connectivity index (χ2v) is 7.35. The highest BCUT2D eigenvalue weighted by atomic mass is 32.1. The van der Waals surface area contributed by atoms with Crippen molar-refractivity contribution in [1.29, 1.82) is 0 Å². The highest BCUT2D eigenvalue weighted by Crippen LogP contribution is 2.25. The molecule has 136 valence electrons. The monoisotopic (exact) mass is 378 g/mol. The molecule has 4 aromatic rings. The third kappa shape index (κ3) is 3.44. The fourth-order valence-electron chi connectivity index (χ4n) is 3.18. The molecule has 0 bridgehead atoms. The predicted molar refractivity (Wildman–Crippen MR) is 107 cm³/mol. The van der Waals surface area contributed by atoms with Crippen LogP contribution >= 0.6 is 11.3 Å². The summed E-state index contributed by atoms with van der Waals surface area (Å²) in [5.74, 6) is -0.735. The smallest absolute Gasteiger partial charge is 0.328 e. The topological polar surface area (TPSA) is 71.2 Å². The molecule has 2 aromatic heterocycles. The lowest BCUT2D eigenvalue weighted by Crippen LogP contribution is -2.42. The number of rotatable bonds is 5. The number of ether oxygens (including phenoxy) is 1. The van der Waals surface area contributed by atoms with E-state index in [1.165, 1.54) is 18.4 Å². The fraction of sp³-hybridized carbons (Fsp3) is 0.143. The van der Waals surface area contributed by atoms with Crippen LogP contribution in [0.2, 0.25) is 0 Å². The highest BCUT2D eigenvalue weighted by Gasteiger charge is 2.24. The van der Waals surface area contributed by atoms with Gasteiger partial charge in [-0.15, -0.1) is 11.3 Å². The number of fused-ring (bicyclic) bond motifs is 2. The lowest BCUT2D eigenvalue weighted by Gasteiger charge is -2.15. The minimum atomic E-state index is -0.757. The standard InChI is InChI=1S/C21H18N2O3S/c1-26-21(25)17(10-14-12-22-16-8-4-3-7-15(14)16)23-20(24)19-11-13-6-2-5-9-18(13)27-19/h2-9,11-12,17,22H,10H2,1H3,(H,23,24)/t17-/m1/s1. The zero-order valence-corrected chi connectivity index (χ0v) is 15.5. The number of thiophene rings is 1. The number of aromatic amines is 1. The molecular weight excluding hydrogens is 360 g/mol. The normalized spacial score (nSPS) is 12.2. The number of methoxy groups -OCH3 is 1. The molecule has 0 fully saturated rings. The first kappa shape index (κ1) is 17.3. The Labute approximate surface area is 160 Å². The van der Waals surface area contributed by atoms with Gasteiger partial charge in [-0.2, -0.15) is 0 Å². The van der Waals surface area contributed by atoms with E-state index < -0.39 is 12.0 Å². The summed E-state index contributed by atoms with van der Waals surface area (Å²) in [7, 11) is 1.33. The van der Waals surface area contributed by atoms with Gasteiger partial charge in [0.05, 0.1) is 12.0 Å². The van der Waals surface area contributed by atoms with Crippen molar-refractivity contribution in [2.24, 2.45) is 0 Å². The van der Waals surface area contributed by atoms with Crippen molar-refractivity contribution < 1.29 is 14.3 Å². The number of benzene rings is 2. The van der Waals surface area contributed by atoms with Gasteiger partial charge in [-0.05, 0) is 29.1 Å². The van der Waals surface area contributed by atoms with Crippen LogP contribution in [0.5, 0.6) is 0 Å². The number of carbonyl (C=O) groups excluding carboxylic acids is 2. The molecule has 1 amide bonds. The van der Waals surface area contributed by atoms with Crippen molar-refractivity contribution >= 4 is 44.2 Å². The Morgan fingerprint density at radius 3 is 2.74 bits per heavy atom. The molecule has 0 aliphatic heterocycles. The van der Waals surface area contributed by atoms with E-state index in [0.717, 1.165) is 26.6 Å².